The summed E-state index contributed by atoms with van der Waals surface area (Å²) in [6.07, 6.45) is 1.84. The molecule has 1 aromatic rings. The van der Waals surface area contributed by atoms with Crippen LogP contribution in [0.1, 0.15) is 22.5 Å². The number of nitrogens with one attached hydrogen (secondary N) is 1. The second kappa shape index (κ2) is 6.70. The molecule has 6 heteroatoms. The van der Waals surface area contributed by atoms with Crippen molar-refractivity contribution in [1.29, 1.82) is 0 Å². The lowest BCUT2D eigenvalue weighted by atomic mass is 10.2. The highest BCUT2D eigenvalue weighted by Gasteiger charge is 2.13. The van der Waals surface area contributed by atoms with Crippen LogP contribution in [0.25, 0.3) is 0 Å². The first kappa shape index (κ1) is 14.1. The Kier molecular flexibility index (Phi) is 5.26. The van der Waals surface area contributed by atoms with Crippen molar-refractivity contribution in [2.45, 2.75) is 13.0 Å². The first-order valence-electron chi connectivity index (χ1n) is 5.69. The Balaban J connectivity index is 2.65. The molecule has 0 aliphatic rings. The van der Waals surface area contributed by atoms with Crippen LogP contribution >= 0.6 is 0 Å². The molecule has 0 saturated heterocycles. The van der Waals surface area contributed by atoms with Gasteiger partial charge in [0.15, 0.2) is 0 Å². The number of carbonyl (C=O) groups is 2. The van der Waals surface area contributed by atoms with Gasteiger partial charge in [0.2, 0.25) is 5.91 Å². The monoisotopic (exact) mass is 250 g/mol. The van der Waals surface area contributed by atoms with Crippen LogP contribution in [0.3, 0.4) is 0 Å². The van der Waals surface area contributed by atoms with Gasteiger partial charge in [-0.25, -0.2) is 0 Å². The van der Waals surface area contributed by atoms with Gasteiger partial charge in [-0.2, -0.15) is 0 Å². The Bertz CT molecular complexity index is 434. The highest BCUT2D eigenvalue weighted by molar-refractivity contribution is 5.94. The van der Waals surface area contributed by atoms with Gasteiger partial charge < -0.3 is 16.0 Å². The van der Waals surface area contributed by atoms with E-state index in [1.165, 1.54) is 4.90 Å². The van der Waals surface area contributed by atoms with Gasteiger partial charge in [-0.3, -0.25) is 14.6 Å². The Morgan fingerprint density at radius 3 is 2.83 bits per heavy atom. The second-order valence-corrected chi connectivity index (χ2v) is 3.89. The van der Waals surface area contributed by atoms with Gasteiger partial charge in [-0.1, -0.05) is 0 Å². The molecule has 0 bridgehead atoms. The van der Waals surface area contributed by atoms with Crippen molar-refractivity contribution in [2.75, 3.05) is 20.6 Å². The molecule has 0 fully saturated rings. The van der Waals surface area contributed by atoms with Crippen LogP contribution in [-0.4, -0.2) is 42.3 Å². The summed E-state index contributed by atoms with van der Waals surface area (Å²) in [6, 6.07) is 3.30. The van der Waals surface area contributed by atoms with Crippen LogP contribution in [0, 0.1) is 0 Å². The molecule has 18 heavy (non-hydrogen) atoms. The largest absolute Gasteiger partial charge is 0.359 e. The third-order valence-corrected chi connectivity index (χ3v) is 2.57. The third-order valence-electron chi connectivity index (χ3n) is 2.57. The summed E-state index contributed by atoms with van der Waals surface area (Å²) in [7, 11) is 3.23. The highest BCUT2D eigenvalue weighted by Crippen LogP contribution is 2.05. The maximum atomic E-state index is 12.0. The van der Waals surface area contributed by atoms with E-state index in [0.29, 0.717) is 24.3 Å². The first-order valence-corrected chi connectivity index (χ1v) is 5.69. The predicted octanol–water partition coefficient (Wildman–Crippen LogP) is -0.252. The zero-order chi connectivity index (χ0) is 13.5. The molecule has 1 aromatic heterocycles. The zero-order valence-electron chi connectivity index (χ0n) is 10.6. The molecule has 3 N–H and O–H groups in total. The van der Waals surface area contributed by atoms with E-state index in [0.717, 1.165) is 0 Å². The molecule has 0 aliphatic heterocycles. The highest BCUT2D eigenvalue weighted by atomic mass is 16.2. The molecule has 0 saturated carbocycles. The summed E-state index contributed by atoms with van der Waals surface area (Å²) in [5, 5.41) is 2.51. The van der Waals surface area contributed by atoms with Crippen molar-refractivity contribution in [3.05, 3.63) is 29.6 Å². The number of nitrogens with zero attached hydrogens (tertiary/aromatic N) is 2. The summed E-state index contributed by atoms with van der Waals surface area (Å²) < 4.78 is 0. The van der Waals surface area contributed by atoms with Crippen LogP contribution in [-0.2, 0) is 11.3 Å². The van der Waals surface area contributed by atoms with E-state index in [-0.39, 0.29) is 18.2 Å². The number of hydrogen-bond acceptors (Lipinski definition) is 4. The minimum atomic E-state index is -0.143. The molecule has 1 rings (SSSR count). The SMILES string of the molecule is CNC(=O)CCN(C)C(=O)c1ccnc(CN)c1. The fourth-order valence-corrected chi connectivity index (χ4v) is 1.44. The van der Waals surface area contributed by atoms with E-state index >= 15 is 0 Å². The van der Waals surface area contributed by atoms with E-state index < -0.39 is 0 Å². The van der Waals surface area contributed by atoms with Gasteiger partial charge >= 0.3 is 0 Å². The lowest BCUT2D eigenvalue weighted by molar-refractivity contribution is -0.120. The lowest BCUT2D eigenvalue weighted by Crippen LogP contribution is -2.31. The topological polar surface area (TPSA) is 88.3 Å². The maximum absolute atomic E-state index is 12.0. The number of carbonyl (C=O) groups excluding carboxylic acids is 2. The molecule has 0 radical (unpaired) electrons. The number of aromatic nitrogens is 1. The molecule has 2 amide bonds. The van der Waals surface area contributed by atoms with Crippen LogP contribution in [0.4, 0.5) is 0 Å². The second-order valence-electron chi connectivity index (χ2n) is 3.89. The molecule has 0 atom stereocenters. The molecular weight excluding hydrogens is 232 g/mol. The minimum absolute atomic E-state index is 0.0907. The third kappa shape index (κ3) is 3.81. The van der Waals surface area contributed by atoms with Gasteiger partial charge in [-0.15, -0.1) is 0 Å². The molecule has 6 nitrogen and oxygen atoms in total. The van der Waals surface area contributed by atoms with Crippen molar-refractivity contribution < 1.29 is 9.59 Å². The van der Waals surface area contributed by atoms with Crippen LogP contribution in [0.2, 0.25) is 0 Å². The Morgan fingerprint density at radius 2 is 2.22 bits per heavy atom. The Morgan fingerprint density at radius 1 is 1.50 bits per heavy atom. The van der Waals surface area contributed by atoms with Crippen molar-refractivity contribution >= 4 is 11.8 Å². The van der Waals surface area contributed by atoms with Crippen LogP contribution in [0.5, 0.6) is 0 Å². The number of pyridine rings is 1. The number of nitrogens with two attached hydrogens (primary N) is 1. The molecule has 0 aromatic carbocycles. The summed E-state index contributed by atoms with van der Waals surface area (Å²) in [5.41, 5.74) is 6.67. The molecular formula is C12H18N4O2. The quantitative estimate of drug-likeness (QED) is 0.754. The summed E-state index contributed by atoms with van der Waals surface area (Å²) in [6.45, 7) is 0.669. The maximum Gasteiger partial charge on any atom is 0.253 e. The molecule has 1 heterocycles. The van der Waals surface area contributed by atoms with E-state index in [1.54, 1.807) is 32.4 Å². The first-order chi connectivity index (χ1) is 8.58. The molecule has 0 spiro atoms. The van der Waals surface area contributed by atoms with Gasteiger partial charge in [0.25, 0.3) is 5.91 Å². The van der Waals surface area contributed by atoms with E-state index in [1.807, 2.05) is 0 Å². The summed E-state index contributed by atoms with van der Waals surface area (Å²) in [4.78, 5) is 28.7. The van der Waals surface area contributed by atoms with E-state index in [9.17, 15) is 9.59 Å². The predicted molar refractivity (Wildman–Crippen MR) is 67.8 cm³/mol. The van der Waals surface area contributed by atoms with Crippen molar-refractivity contribution in [1.82, 2.24) is 15.2 Å². The zero-order valence-corrected chi connectivity index (χ0v) is 10.6. The van der Waals surface area contributed by atoms with Crippen molar-refractivity contribution in [3.63, 3.8) is 0 Å². The molecule has 0 aliphatic carbocycles. The minimum Gasteiger partial charge on any atom is -0.359 e. The fourth-order valence-electron chi connectivity index (χ4n) is 1.44. The van der Waals surface area contributed by atoms with Gasteiger partial charge in [-0.05, 0) is 12.1 Å². The number of hydrogen-bond donors (Lipinski definition) is 2. The normalized spacial score (nSPS) is 9.94. The van der Waals surface area contributed by atoms with Crippen LogP contribution < -0.4 is 11.1 Å². The standard InChI is InChI=1S/C12H18N4O2/c1-14-11(17)4-6-16(2)12(18)9-3-5-15-10(7-9)8-13/h3,5,7H,4,6,8,13H2,1-2H3,(H,14,17). The summed E-state index contributed by atoms with van der Waals surface area (Å²) in [5.74, 6) is -0.233. The van der Waals surface area contributed by atoms with Gasteiger partial charge in [0, 0.05) is 45.4 Å². The van der Waals surface area contributed by atoms with Crippen molar-refractivity contribution in [3.8, 4) is 0 Å². The molecule has 0 unspecified atom stereocenters. The Labute approximate surface area is 106 Å². The van der Waals surface area contributed by atoms with Crippen LogP contribution in [0.15, 0.2) is 18.3 Å². The van der Waals surface area contributed by atoms with E-state index in [4.69, 9.17) is 5.73 Å². The average Bonchev–Trinajstić information content (AvgIpc) is 2.43. The smallest absolute Gasteiger partial charge is 0.253 e. The average molecular weight is 250 g/mol. The molecule has 98 valence electrons. The van der Waals surface area contributed by atoms with Gasteiger partial charge in [0.05, 0.1) is 5.69 Å². The van der Waals surface area contributed by atoms with Crippen molar-refractivity contribution in [2.24, 2.45) is 5.73 Å². The lowest BCUT2D eigenvalue weighted by Gasteiger charge is -2.16. The fraction of sp³-hybridized carbons (Fsp3) is 0.417. The van der Waals surface area contributed by atoms with E-state index in [2.05, 4.69) is 10.3 Å². The number of rotatable bonds is 5. The number of amides is 2. The van der Waals surface area contributed by atoms with Gasteiger partial charge in [0.1, 0.15) is 0 Å². The summed E-state index contributed by atoms with van der Waals surface area (Å²) >= 11 is 0. The Hall–Kier alpha value is -1.95.